The molecule has 1 unspecified atom stereocenters. The van der Waals surface area contributed by atoms with E-state index >= 15 is 0 Å². The Morgan fingerprint density at radius 2 is 1.18 bits per heavy atom. The Morgan fingerprint density at radius 1 is 0.641 bits per heavy atom. The van der Waals surface area contributed by atoms with Crippen LogP contribution < -0.4 is 0 Å². The Hall–Kier alpha value is -2.59. The van der Waals surface area contributed by atoms with Crippen LogP contribution in [0.25, 0.3) is 27.2 Å². The Morgan fingerprint density at radius 3 is 1.69 bits per heavy atom. The molecule has 0 bridgehead atoms. The van der Waals surface area contributed by atoms with Gasteiger partial charge in [0.2, 0.25) is 0 Å². The molecule has 0 aliphatic rings. The average molecular weight is 598 g/mol. The van der Waals surface area contributed by atoms with Crippen molar-refractivity contribution in [3.05, 3.63) is 135 Å². The maximum atomic E-state index is 5.40. The summed E-state index contributed by atoms with van der Waals surface area (Å²) in [6.45, 7) is 8.94. The molecule has 0 amide bonds. The maximum Gasteiger partial charge on any atom is 4.00 e. The molecule has 0 N–H and O–H groups in total. The average Bonchev–Trinajstić information content (AvgIpc) is 2.93. The van der Waals surface area contributed by atoms with Crippen molar-refractivity contribution in [2.75, 3.05) is 28.2 Å². The molecule has 1 aromatic heterocycles. The van der Waals surface area contributed by atoms with Crippen molar-refractivity contribution >= 4 is 5.69 Å². The summed E-state index contributed by atoms with van der Waals surface area (Å²) in [6, 6.07) is 34.3. The Labute approximate surface area is 256 Å². The summed E-state index contributed by atoms with van der Waals surface area (Å²) >= 11 is 0. The summed E-state index contributed by atoms with van der Waals surface area (Å²) < 4.78 is 0. The summed E-state index contributed by atoms with van der Waals surface area (Å²) in [5, 5.41) is 12.4. The third-order valence-electron chi connectivity index (χ3n) is 5.75. The van der Waals surface area contributed by atoms with E-state index in [0.29, 0.717) is 11.8 Å². The topological polar surface area (TPSA) is 55.2 Å². The summed E-state index contributed by atoms with van der Waals surface area (Å²) in [5.41, 5.74) is 7.66. The summed E-state index contributed by atoms with van der Waals surface area (Å²) in [7, 11) is 7.00. The van der Waals surface area contributed by atoms with E-state index in [0.717, 1.165) is 28.2 Å². The van der Waals surface area contributed by atoms with Crippen molar-refractivity contribution in [2.24, 2.45) is 0 Å². The summed E-state index contributed by atoms with van der Waals surface area (Å²) in [5.74, 6) is 0.782. The standard InChI is InChI=1S/C30H30N2.2C2H6N.Zr/c1-21(2)25-17-11-18-26(22(3)4)30(25)32-29(24-15-9-6-10-16-24)28-20-12-19-27(31-28)23-13-7-5-8-14-23;2*1-3-2;/h5-13,15-22,29H,1-4H3;2*1-2H3;/q-2;2*-1;+4. The fourth-order valence-corrected chi connectivity index (χ4v) is 4.04. The Balaban J connectivity index is 0.000000997. The van der Waals surface area contributed by atoms with Gasteiger partial charge in [0.25, 0.3) is 0 Å². The number of para-hydroxylation sites is 1. The molecule has 3 aromatic carbocycles. The fourth-order valence-electron chi connectivity index (χ4n) is 4.04. The van der Waals surface area contributed by atoms with Crippen molar-refractivity contribution < 1.29 is 26.2 Å². The zero-order valence-corrected chi connectivity index (χ0v) is 27.1. The van der Waals surface area contributed by atoms with Gasteiger partial charge in [0.15, 0.2) is 0 Å². The number of aromatic nitrogens is 1. The van der Waals surface area contributed by atoms with E-state index in [-0.39, 0.29) is 32.2 Å². The van der Waals surface area contributed by atoms with Gasteiger partial charge in [-0.05, 0) is 29.6 Å². The Bertz CT molecular complexity index is 1170. The molecule has 4 aromatic rings. The normalized spacial score (nSPS) is 10.9. The van der Waals surface area contributed by atoms with E-state index in [2.05, 4.69) is 99.0 Å². The van der Waals surface area contributed by atoms with Gasteiger partial charge < -0.3 is 20.9 Å². The van der Waals surface area contributed by atoms with Crippen LogP contribution in [0.2, 0.25) is 0 Å². The minimum atomic E-state index is -0.183. The molecular weight excluding hydrogens is 556 g/mol. The largest absolute Gasteiger partial charge is 4.00 e. The monoisotopic (exact) mass is 596 g/mol. The smallest absolute Gasteiger partial charge is 0.673 e. The van der Waals surface area contributed by atoms with E-state index in [4.69, 9.17) is 10.3 Å². The quantitative estimate of drug-likeness (QED) is 0.196. The van der Waals surface area contributed by atoms with Crippen molar-refractivity contribution in [3.63, 3.8) is 0 Å². The van der Waals surface area contributed by atoms with Crippen LogP contribution in [0.5, 0.6) is 0 Å². The molecule has 202 valence electrons. The molecule has 0 spiro atoms. The number of rotatable bonds is 7. The SMILES string of the molecule is CC(C)c1cccc(C(C)C)c1[N-]C(c1ccccc1)c1cccc(-c2[c-]cccc2)n1.C[N-]C.C[N-]C.[Zr+4]. The third kappa shape index (κ3) is 10.5. The number of pyridine rings is 1. The predicted molar refractivity (Wildman–Crippen MR) is 165 cm³/mol. The van der Waals surface area contributed by atoms with E-state index < -0.39 is 0 Å². The van der Waals surface area contributed by atoms with Gasteiger partial charge in [-0.3, -0.25) is 0 Å². The minimum Gasteiger partial charge on any atom is -0.673 e. The molecule has 0 aliphatic heterocycles. The molecule has 1 atom stereocenters. The molecular formula is C34H42N4Zr. The zero-order chi connectivity index (χ0) is 27.9. The predicted octanol–water partition coefficient (Wildman–Crippen LogP) is 9.83. The van der Waals surface area contributed by atoms with Gasteiger partial charge in [-0.15, -0.1) is 41.6 Å². The number of nitrogens with zero attached hydrogens (tertiary/aromatic N) is 4. The molecule has 4 rings (SSSR count). The van der Waals surface area contributed by atoms with E-state index in [1.165, 1.54) is 11.1 Å². The van der Waals surface area contributed by atoms with Crippen LogP contribution in [-0.4, -0.2) is 33.2 Å². The van der Waals surface area contributed by atoms with Gasteiger partial charge in [0.1, 0.15) is 0 Å². The molecule has 0 aliphatic carbocycles. The number of hydrogen-bond donors (Lipinski definition) is 0. The second kappa shape index (κ2) is 18.7. The van der Waals surface area contributed by atoms with Crippen molar-refractivity contribution in [1.29, 1.82) is 0 Å². The van der Waals surface area contributed by atoms with Crippen molar-refractivity contribution in [3.8, 4) is 11.3 Å². The van der Waals surface area contributed by atoms with Crippen LogP contribution in [0.1, 0.15) is 68.0 Å². The second-order valence-electron chi connectivity index (χ2n) is 9.66. The van der Waals surface area contributed by atoms with Gasteiger partial charge in [0.05, 0.1) is 0 Å². The minimum absolute atomic E-state index is 0. The second-order valence-corrected chi connectivity index (χ2v) is 9.66. The van der Waals surface area contributed by atoms with Crippen LogP contribution in [-0.2, 0) is 26.2 Å². The van der Waals surface area contributed by atoms with Crippen LogP contribution in [0.4, 0.5) is 5.69 Å². The molecule has 4 nitrogen and oxygen atoms in total. The molecule has 0 saturated heterocycles. The van der Waals surface area contributed by atoms with E-state index in [1.807, 2.05) is 36.4 Å². The molecule has 0 radical (unpaired) electrons. The first-order valence-electron chi connectivity index (χ1n) is 13.2. The van der Waals surface area contributed by atoms with Crippen LogP contribution >= 0.6 is 0 Å². The molecule has 0 saturated carbocycles. The van der Waals surface area contributed by atoms with Gasteiger partial charge in [-0.2, -0.15) is 28.2 Å². The molecule has 5 heteroatoms. The van der Waals surface area contributed by atoms with Crippen LogP contribution in [0.15, 0.2) is 91.0 Å². The fraction of sp³-hybridized carbons (Fsp3) is 0.324. The van der Waals surface area contributed by atoms with Crippen molar-refractivity contribution in [1.82, 2.24) is 4.98 Å². The van der Waals surface area contributed by atoms with Gasteiger partial charge >= 0.3 is 26.2 Å². The number of benzene rings is 3. The van der Waals surface area contributed by atoms with Gasteiger partial charge in [-0.25, -0.2) is 0 Å². The summed E-state index contributed by atoms with van der Waals surface area (Å²) in [4.78, 5) is 5.04. The first kappa shape index (κ1) is 34.4. The first-order valence-corrected chi connectivity index (χ1v) is 13.2. The maximum absolute atomic E-state index is 5.40. The van der Waals surface area contributed by atoms with E-state index in [1.54, 1.807) is 28.2 Å². The molecule has 0 fully saturated rings. The van der Waals surface area contributed by atoms with Crippen LogP contribution in [0, 0.1) is 6.07 Å². The molecule has 39 heavy (non-hydrogen) atoms. The van der Waals surface area contributed by atoms with E-state index in [9.17, 15) is 0 Å². The Kier molecular flexibility index (Phi) is 16.5. The van der Waals surface area contributed by atoms with Crippen molar-refractivity contribution in [2.45, 2.75) is 45.6 Å². The third-order valence-corrected chi connectivity index (χ3v) is 5.75. The van der Waals surface area contributed by atoms with Gasteiger partial charge in [-0.1, -0.05) is 105 Å². The zero-order valence-electron chi connectivity index (χ0n) is 24.7. The number of hydrogen-bond acceptors (Lipinski definition) is 1. The molecule has 1 heterocycles. The van der Waals surface area contributed by atoms with Gasteiger partial charge in [0, 0.05) is 5.69 Å². The summed E-state index contributed by atoms with van der Waals surface area (Å²) in [6.07, 6.45) is 0. The van der Waals surface area contributed by atoms with Crippen LogP contribution in [0.3, 0.4) is 0 Å². The first-order chi connectivity index (χ1) is 18.4.